The minimum Gasteiger partial charge on any atom is -0.465 e. The van der Waals surface area contributed by atoms with Crippen molar-refractivity contribution in [2.45, 2.75) is 18.2 Å². The highest BCUT2D eigenvalue weighted by atomic mass is 32.2. The molecule has 0 saturated carbocycles. The van der Waals surface area contributed by atoms with Gasteiger partial charge in [0, 0.05) is 22.6 Å². The largest absolute Gasteiger partial charge is 0.465 e. The summed E-state index contributed by atoms with van der Waals surface area (Å²) in [6.45, 7) is 3.71. The average molecular weight is 495 g/mol. The Morgan fingerprint density at radius 1 is 0.971 bits per heavy atom. The monoisotopic (exact) mass is 494 g/mol. The fourth-order valence-corrected chi connectivity index (χ4v) is 5.72. The van der Waals surface area contributed by atoms with Gasteiger partial charge in [0.15, 0.2) is 10.1 Å². The van der Waals surface area contributed by atoms with Crippen LogP contribution < -0.4 is 0 Å². The number of hydrogen-bond acceptors (Lipinski definition) is 8. The number of aromatic nitrogens is 2. The molecule has 34 heavy (non-hydrogen) atoms. The first-order valence-electron chi connectivity index (χ1n) is 10.3. The molecule has 0 aliphatic heterocycles. The number of fused-ring (bicyclic) bond motifs is 1. The second kappa shape index (κ2) is 9.82. The molecule has 0 aliphatic rings. The minimum absolute atomic E-state index is 0.0269. The Kier molecular flexibility index (Phi) is 6.85. The van der Waals surface area contributed by atoms with E-state index in [2.05, 4.69) is 4.98 Å². The van der Waals surface area contributed by atoms with Crippen LogP contribution in [0.1, 0.15) is 42.5 Å². The SMILES string of the molecule is COC(=O)c1cc(C(=O)OC)cc(-n2c(C)cc(C(=O)CSc3nc4ccccc4s3)c2C)c1. The van der Waals surface area contributed by atoms with Gasteiger partial charge in [0.1, 0.15) is 0 Å². The van der Waals surface area contributed by atoms with Crippen molar-refractivity contribution in [1.29, 1.82) is 0 Å². The zero-order valence-electron chi connectivity index (χ0n) is 19.1. The van der Waals surface area contributed by atoms with Gasteiger partial charge >= 0.3 is 11.9 Å². The molecule has 4 aromatic rings. The van der Waals surface area contributed by atoms with Crippen molar-refractivity contribution in [2.24, 2.45) is 0 Å². The number of thioether (sulfide) groups is 1. The second-order valence-corrected chi connectivity index (χ2v) is 9.78. The molecule has 2 aromatic carbocycles. The van der Waals surface area contributed by atoms with Crippen LogP contribution in [0.5, 0.6) is 0 Å². The van der Waals surface area contributed by atoms with E-state index in [0.717, 1.165) is 20.3 Å². The summed E-state index contributed by atoms with van der Waals surface area (Å²) in [7, 11) is 2.55. The maximum absolute atomic E-state index is 13.1. The minimum atomic E-state index is -0.571. The van der Waals surface area contributed by atoms with E-state index in [1.807, 2.05) is 48.7 Å². The molecular weight excluding hydrogens is 472 g/mol. The van der Waals surface area contributed by atoms with Crippen molar-refractivity contribution < 1.29 is 23.9 Å². The molecule has 2 aromatic heterocycles. The molecule has 2 heterocycles. The predicted molar refractivity (Wildman–Crippen MR) is 133 cm³/mol. The van der Waals surface area contributed by atoms with E-state index in [1.54, 1.807) is 23.5 Å². The van der Waals surface area contributed by atoms with Crippen molar-refractivity contribution in [1.82, 2.24) is 9.55 Å². The summed E-state index contributed by atoms with van der Waals surface area (Å²) in [6, 6.07) is 14.4. The van der Waals surface area contributed by atoms with E-state index >= 15 is 0 Å². The quantitative estimate of drug-likeness (QED) is 0.197. The number of thiazole rings is 1. The number of rotatable bonds is 7. The highest BCUT2D eigenvalue weighted by molar-refractivity contribution is 8.01. The number of para-hydroxylation sites is 1. The number of carbonyl (C=O) groups excluding carboxylic acids is 3. The molecule has 9 heteroatoms. The van der Waals surface area contributed by atoms with Crippen LogP contribution in [0.25, 0.3) is 15.9 Å². The first-order chi connectivity index (χ1) is 16.3. The number of aryl methyl sites for hydroxylation is 1. The fraction of sp³-hybridized carbons (Fsp3) is 0.200. The van der Waals surface area contributed by atoms with E-state index < -0.39 is 11.9 Å². The molecule has 4 rings (SSSR count). The lowest BCUT2D eigenvalue weighted by Crippen LogP contribution is -2.10. The van der Waals surface area contributed by atoms with Gasteiger partial charge in [0.25, 0.3) is 0 Å². The fourth-order valence-electron chi connectivity index (χ4n) is 3.77. The lowest BCUT2D eigenvalue weighted by molar-refractivity contribution is 0.0599. The maximum atomic E-state index is 13.1. The van der Waals surface area contributed by atoms with Crippen LogP contribution in [0.2, 0.25) is 0 Å². The zero-order chi connectivity index (χ0) is 24.4. The molecule has 0 bridgehead atoms. The summed E-state index contributed by atoms with van der Waals surface area (Å²) >= 11 is 2.98. The smallest absolute Gasteiger partial charge is 0.337 e. The molecule has 0 spiro atoms. The summed E-state index contributed by atoms with van der Waals surface area (Å²) in [5.41, 5.74) is 4.01. The van der Waals surface area contributed by atoms with Crippen molar-refractivity contribution in [3.05, 3.63) is 76.6 Å². The molecule has 0 aliphatic carbocycles. The Bertz CT molecular complexity index is 1350. The van der Waals surface area contributed by atoms with Crippen molar-refractivity contribution in [3.63, 3.8) is 0 Å². The molecular formula is C25H22N2O5S2. The average Bonchev–Trinajstić information content (AvgIpc) is 3.40. The molecule has 7 nitrogen and oxygen atoms in total. The Morgan fingerprint density at radius 2 is 1.62 bits per heavy atom. The van der Waals surface area contributed by atoms with Gasteiger partial charge in [-0.2, -0.15) is 0 Å². The number of ketones is 1. The molecule has 0 atom stereocenters. The van der Waals surface area contributed by atoms with E-state index in [4.69, 9.17) is 9.47 Å². The molecule has 0 radical (unpaired) electrons. The lowest BCUT2D eigenvalue weighted by Gasteiger charge is -2.13. The van der Waals surface area contributed by atoms with Gasteiger partial charge < -0.3 is 14.0 Å². The van der Waals surface area contributed by atoms with Gasteiger partial charge in [0.2, 0.25) is 0 Å². The molecule has 0 amide bonds. The van der Waals surface area contributed by atoms with Gasteiger partial charge in [-0.25, -0.2) is 14.6 Å². The van der Waals surface area contributed by atoms with Crippen LogP contribution in [-0.2, 0) is 9.47 Å². The molecule has 174 valence electrons. The first-order valence-corrected chi connectivity index (χ1v) is 12.1. The Balaban J connectivity index is 1.64. The first kappa shape index (κ1) is 23.7. The van der Waals surface area contributed by atoms with Crippen LogP contribution in [-0.4, -0.2) is 47.2 Å². The highest BCUT2D eigenvalue weighted by Gasteiger charge is 2.20. The van der Waals surface area contributed by atoms with Crippen molar-refractivity contribution in [2.75, 3.05) is 20.0 Å². The second-order valence-electron chi connectivity index (χ2n) is 7.53. The third kappa shape index (κ3) is 4.62. The summed E-state index contributed by atoms with van der Waals surface area (Å²) in [5, 5.41) is 0. The lowest BCUT2D eigenvalue weighted by atomic mass is 10.1. The number of carbonyl (C=O) groups is 3. The van der Waals surface area contributed by atoms with Crippen LogP contribution in [0.3, 0.4) is 0 Å². The number of hydrogen-bond donors (Lipinski definition) is 0. The van der Waals surface area contributed by atoms with E-state index in [9.17, 15) is 14.4 Å². The normalized spacial score (nSPS) is 10.9. The van der Waals surface area contributed by atoms with E-state index in [-0.39, 0.29) is 22.7 Å². The van der Waals surface area contributed by atoms with Gasteiger partial charge in [-0.15, -0.1) is 11.3 Å². The maximum Gasteiger partial charge on any atom is 0.337 e. The van der Waals surface area contributed by atoms with Crippen LogP contribution in [0.15, 0.2) is 52.9 Å². The number of methoxy groups -OCH3 is 2. The van der Waals surface area contributed by atoms with Crippen LogP contribution >= 0.6 is 23.1 Å². The number of nitrogens with zero attached hydrogens (tertiary/aromatic N) is 2. The number of Topliss-reactive ketones (excluding diaryl/α,β-unsaturated/α-hetero) is 1. The topological polar surface area (TPSA) is 87.5 Å². The molecule has 0 saturated heterocycles. The standard InChI is InChI=1S/C25H22N2O5S2/c1-14-9-19(21(28)13-33-25-26-20-7-5-6-8-22(20)34-25)15(2)27(14)18-11-16(23(29)31-3)10-17(12-18)24(30)32-4/h5-12H,13H2,1-4H3. The zero-order valence-corrected chi connectivity index (χ0v) is 20.7. The van der Waals surface area contributed by atoms with Crippen LogP contribution in [0, 0.1) is 13.8 Å². The summed E-state index contributed by atoms with van der Waals surface area (Å²) in [4.78, 5) is 42.0. The third-order valence-corrected chi connectivity index (χ3v) is 7.53. The molecule has 0 fully saturated rings. The van der Waals surface area contributed by atoms with Gasteiger partial charge in [0.05, 0.1) is 41.3 Å². The number of esters is 2. The highest BCUT2D eigenvalue weighted by Crippen LogP contribution is 2.31. The van der Waals surface area contributed by atoms with Gasteiger partial charge in [-0.3, -0.25) is 4.79 Å². The van der Waals surface area contributed by atoms with Gasteiger partial charge in [-0.05, 0) is 50.2 Å². The van der Waals surface area contributed by atoms with E-state index in [0.29, 0.717) is 16.9 Å². The third-order valence-electron chi connectivity index (χ3n) is 5.35. The van der Waals surface area contributed by atoms with Gasteiger partial charge in [-0.1, -0.05) is 23.9 Å². The summed E-state index contributed by atoms with van der Waals surface area (Å²) in [6.07, 6.45) is 0. The Hall–Kier alpha value is -3.43. The summed E-state index contributed by atoms with van der Waals surface area (Å²) in [5.74, 6) is -0.920. The number of benzene rings is 2. The van der Waals surface area contributed by atoms with Crippen LogP contribution in [0.4, 0.5) is 0 Å². The Morgan fingerprint density at radius 3 is 2.24 bits per heavy atom. The Labute approximate surface area is 204 Å². The van der Waals surface area contributed by atoms with Crippen molar-refractivity contribution >= 4 is 51.0 Å². The molecule has 0 N–H and O–H groups in total. The number of ether oxygens (including phenoxy) is 2. The van der Waals surface area contributed by atoms with E-state index in [1.165, 1.54) is 32.0 Å². The molecule has 0 unspecified atom stereocenters. The van der Waals surface area contributed by atoms with Crippen molar-refractivity contribution in [3.8, 4) is 5.69 Å². The summed E-state index contributed by atoms with van der Waals surface area (Å²) < 4.78 is 13.4. The predicted octanol–water partition coefficient (Wildman–Crippen LogP) is 5.25.